The van der Waals surface area contributed by atoms with Crippen LogP contribution in [-0.2, 0) is 6.18 Å². The molecule has 20 heavy (non-hydrogen) atoms. The maximum Gasteiger partial charge on any atom is 0.433 e. The number of thioether (sulfide) groups is 1. The number of halogens is 3. The van der Waals surface area contributed by atoms with E-state index in [0.29, 0.717) is 13.1 Å². The van der Waals surface area contributed by atoms with Gasteiger partial charge in [0.25, 0.3) is 0 Å². The Kier molecular flexibility index (Phi) is 6.90. The zero-order valence-electron chi connectivity index (χ0n) is 11.5. The highest BCUT2D eigenvalue weighted by Crippen LogP contribution is 2.29. The fraction of sp³-hybridized carbons (Fsp3) is 0.667. The van der Waals surface area contributed by atoms with Crippen molar-refractivity contribution in [2.45, 2.75) is 25.9 Å². The quantitative estimate of drug-likeness (QED) is 0.720. The molecule has 0 spiro atoms. The van der Waals surface area contributed by atoms with Gasteiger partial charge in [0.15, 0.2) is 5.69 Å². The first-order valence-corrected chi connectivity index (χ1v) is 7.79. The van der Waals surface area contributed by atoms with Crippen LogP contribution in [-0.4, -0.2) is 35.1 Å². The maximum atomic E-state index is 12.8. The molecule has 1 aromatic heterocycles. The lowest BCUT2D eigenvalue weighted by molar-refractivity contribution is -0.141. The van der Waals surface area contributed by atoms with Gasteiger partial charge in [0.2, 0.25) is 5.95 Å². The Morgan fingerprint density at radius 3 is 2.55 bits per heavy atom. The third kappa shape index (κ3) is 5.85. The maximum absolute atomic E-state index is 12.8. The first-order valence-electron chi connectivity index (χ1n) is 6.40. The van der Waals surface area contributed by atoms with Gasteiger partial charge in [0.05, 0.1) is 0 Å². The molecule has 0 saturated carbocycles. The van der Waals surface area contributed by atoms with Gasteiger partial charge in [-0.2, -0.15) is 29.9 Å². The van der Waals surface area contributed by atoms with Gasteiger partial charge < -0.3 is 10.6 Å². The number of rotatable bonds is 8. The number of nitrogens with one attached hydrogen (secondary N) is 2. The van der Waals surface area contributed by atoms with Crippen LogP contribution >= 0.6 is 11.8 Å². The van der Waals surface area contributed by atoms with Crippen molar-refractivity contribution in [3.8, 4) is 0 Å². The largest absolute Gasteiger partial charge is 0.433 e. The highest BCUT2D eigenvalue weighted by Gasteiger charge is 2.33. The Bertz CT molecular complexity index is 412. The van der Waals surface area contributed by atoms with E-state index in [4.69, 9.17) is 0 Å². The second-order valence-electron chi connectivity index (χ2n) is 4.16. The molecule has 1 aromatic rings. The molecular formula is C12H19F3N4S. The molecule has 0 amide bonds. The SMILES string of the molecule is CCCNc1nc(NCCCSC)cc(C(F)(F)F)n1. The van der Waals surface area contributed by atoms with Crippen molar-refractivity contribution in [2.24, 2.45) is 0 Å². The molecule has 0 aromatic carbocycles. The summed E-state index contributed by atoms with van der Waals surface area (Å²) < 4.78 is 38.3. The Hall–Kier alpha value is -1.18. The molecule has 114 valence electrons. The molecule has 1 heterocycles. The highest BCUT2D eigenvalue weighted by atomic mass is 32.2. The Labute approximate surface area is 121 Å². The average Bonchev–Trinajstić information content (AvgIpc) is 2.40. The van der Waals surface area contributed by atoms with Gasteiger partial charge in [-0.15, -0.1) is 0 Å². The lowest BCUT2D eigenvalue weighted by Crippen LogP contribution is -2.15. The number of nitrogens with zero attached hydrogens (tertiary/aromatic N) is 2. The molecule has 0 atom stereocenters. The zero-order valence-corrected chi connectivity index (χ0v) is 12.4. The molecular weight excluding hydrogens is 289 g/mol. The summed E-state index contributed by atoms with van der Waals surface area (Å²) in [6, 6.07) is 0.941. The van der Waals surface area contributed by atoms with E-state index in [0.717, 1.165) is 24.7 Å². The van der Waals surface area contributed by atoms with Crippen LogP contribution in [0.2, 0.25) is 0 Å². The van der Waals surface area contributed by atoms with Gasteiger partial charge in [0.1, 0.15) is 5.82 Å². The first kappa shape index (κ1) is 16.9. The van der Waals surface area contributed by atoms with Crippen LogP contribution in [0.15, 0.2) is 6.07 Å². The second kappa shape index (κ2) is 8.18. The van der Waals surface area contributed by atoms with Crippen molar-refractivity contribution in [1.29, 1.82) is 0 Å². The van der Waals surface area contributed by atoms with Crippen molar-refractivity contribution in [3.63, 3.8) is 0 Å². The molecule has 0 bridgehead atoms. The van der Waals surface area contributed by atoms with Gasteiger partial charge in [-0.25, -0.2) is 4.98 Å². The molecule has 8 heteroatoms. The third-order valence-electron chi connectivity index (χ3n) is 2.38. The first-order chi connectivity index (χ1) is 9.47. The summed E-state index contributed by atoms with van der Waals surface area (Å²) in [5.41, 5.74) is -0.932. The minimum Gasteiger partial charge on any atom is -0.370 e. The zero-order chi connectivity index (χ0) is 15.0. The van der Waals surface area contributed by atoms with E-state index in [1.54, 1.807) is 11.8 Å². The molecule has 0 unspecified atom stereocenters. The van der Waals surface area contributed by atoms with Crippen molar-refractivity contribution in [1.82, 2.24) is 9.97 Å². The fourth-order valence-electron chi connectivity index (χ4n) is 1.43. The number of hydrogen-bond acceptors (Lipinski definition) is 5. The molecule has 0 saturated heterocycles. The molecule has 0 fully saturated rings. The number of anilines is 2. The second-order valence-corrected chi connectivity index (χ2v) is 5.15. The van der Waals surface area contributed by atoms with E-state index in [1.807, 2.05) is 13.2 Å². The number of aromatic nitrogens is 2. The van der Waals surface area contributed by atoms with E-state index in [2.05, 4.69) is 20.6 Å². The topological polar surface area (TPSA) is 49.8 Å². The third-order valence-corrected chi connectivity index (χ3v) is 3.08. The van der Waals surface area contributed by atoms with Gasteiger partial charge in [-0.1, -0.05) is 6.92 Å². The van der Waals surface area contributed by atoms with Crippen molar-refractivity contribution in [2.75, 3.05) is 35.7 Å². The Balaban J connectivity index is 2.80. The standard InChI is InChI=1S/C12H19F3N4S/c1-3-5-17-11-18-9(12(13,14)15)8-10(19-11)16-6-4-7-20-2/h8H,3-7H2,1-2H3,(H2,16,17,18,19). The van der Waals surface area contributed by atoms with Gasteiger partial charge >= 0.3 is 6.18 Å². The van der Waals surface area contributed by atoms with Crippen molar-refractivity contribution >= 4 is 23.5 Å². The lowest BCUT2D eigenvalue weighted by atomic mass is 10.3. The van der Waals surface area contributed by atoms with Gasteiger partial charge in [-0.3, -0.25) is 0 Å². The van der Waals surface area contributed by atoms with Crippen molar-refractivity contribution < 1.29 is 13.2 Å². The van der Waals surface area contributed by atoms with E-state index >= 15 is 0 Å². The smallest absolute Gasteiger partial charge is 0.370 e. The summed E-state index contributed by atoms with van der Waals surface area (Å²) in [7, 11) is 0. The minimum atomic E-state index is -4.47. The molecule has 1 rings (SSSR count). The number of alkyl halides is 3. The molecule has 0 aliphatic heterocycles. The van der Waals surface area contributed by atoms with Gasteiger partial charge in [0, 0.05) is 19.2 Å². The number of hydrogen-bond donors (Lipinski definition) is 2. The molecule has 0 radical (unpaired) electrons. The average molecular weight is 308 g/mol. The summed E-state index contributed by atoms with van der Waals surface area (Å²) in [5, 5.41) is 5.69. The van der Waals surface area contributed by atoms with Crippen LogP contribution in [0.5, 0.6) is 0 Å². The lowest BCUT2D eigenvalue weighted by Gasteiger charge is -2.12. The molecule has 2 N–H and O–H groups in total. The van der Waals surface area contributed by atoms with Crippen LogP contribution < -0.4 is 10.6 Å². The van der Waals surface area contributed by atoms with Gasteiger partial charge in [-0.05, 0) is 24.9 Å². The van der Waals surface area contributed by atoms with Crippen LogP contribution in [0.4, 0.5) is 24.9 Å². The monoisotopic (exact) mass is 308 g/mol. The molecule has 0 aliphatic carbocycles. The summed E-state index contributed by atoms with van der Waals surface area (Å²) in [6.45, 7) is 3.04. The van der Waals surface area contributed by atoms with E-state index in [-0.39, 0.29) is 11.8 Å². The Morgan fingerprint density at radius 2 is 1.95 bits per heavy atom. The van der Waals surface area contributed by atoms with E-state index in [1.165, 1.54) is 0 Å². The molecule has 4 nitrogen and oxygen atoms in total. The Morgan fingerprint density at radius 1 is 1.20 bits per heavy atom. The fourth-order valence-corrected chi connectivity index (χ4v) is 1.86. The molecule has 0 aliphatic rings. The summed E-state index contributed by atoms with van der Waals surface area (Å²) in [4.78, 5) is 7.54. The van der Waals surface area contributed by atoms with Crippen LogP contribution in [0.1, 0.15) is 25.5 Å². The van der Waals surface area contributed by atoms with E-state index in [9.17, 15) is 13.2 Å². The van der Waals surface area contributed by atoms with E-state index < -0.39 is 11.9 Å². The van der Waals surface area contributed by atoms with Crippen molar-refractivity contribution in [3.05, 3.63) is 11.8 Å². The predicted molar refractivity (Wildman–Crippen MR) is 77.3 cm³/mol. The van der Waals surface area contributed by atoms with Crippen LogP contribution in [0.3, 0.4) is 0 Å². The minimum absolute atomic E-state index is 0.00837. The normalized spacial score (nSPS) is 11.4. The highest BCUT2D eigenvalue weighted by molar-refractivity contribution is 7.98. The summed E-state index contributed by atoms with van der Waals surface area (Å²) in [6.07, 6.45) is -0.833. The van der Waals surface area contributed by atoms with Crippen LogP contribution in [0.25, 0.3) is 0 Å². The van der Waals surface area contributed by atoms with Crippen LogP contribution in [0, 0.1) is 0 Å². The summed E-state index contributed by atoms with van der Waals surface area (Å²) in [5.74, 6) is 1.16. The summed E-state index contributed by atoms with van der Waals surface area (Å²) >= 11 is 1.69. The predicted octanol–water partition coefficient (Wildman–Crippen LogP) is 3.48.